The summed E-state index contributed by atoms with van der Waals surface area (Å²) in [5, 5.41) is 3.52. The van der Waals surface area contributed by atoms with E-state index in [2.05, 4.69) is 5.32 Å². The van der Waals surface area contributed by atoms with Crippen molar-refractivity contribution in [3.05, 3.63) is 82.9 Å². The molecule has 1 N–H and O–H groups in total. The lowest BCUT2D eigenvalue weighted by molar-refractivity contribution is -0.152. The van der Waals surface area contributed by atoms with E-state index >= 15 is 0 Å². The van der Waals surface area contributed by atoms with Crippen LogP contribution < -0.4 is 5.32 Å². The standard InChI is InChI=1S/C26H29ClN2O4/c1-29-18-23(20-8-4-2-5-9-20)33-25(31)11-7-3-6-10-21(26(29)32)16-24(30)28-17-19-12-14-22(27)15-13-19/h2-6,8-9,12-15,21,23H,7,10-11,16-18H2,1H3,(H,28,30)/b6-3+/t21?,23-/m0/s1. The van der Waals surface area contributed by atoms with Gasteiger partial charge in [0, 0.05) is 31.5 Å². The number of carbonyl (C=O) groups excluding carboxylic acids is 3. The summed E-state index contributed by atoms with van der Waals surface area (Å²) in [5.41, 5.74) is 1.76. The van der Waals surface area contributed by atoms with Crippen LogP contribution >= 0.6 is 11.6 Å². The molecule has 0 spiro atoms. The maximum absolute atomic E-state index is 13.2. The average Bonchev–Trinajstić information content (AvgIpc) is 2.81. The third-order valence-electron chi connectivity index (χ3n) is 5.55. The zero-order chi connectivity index (χ0) is 23.6. The summed E-state index contributed by atoms with van der Waals surface area (Å²) in [5.74, 6) is -1.14. The molecular weight excluding hydrogens is 440 g/mol. The third-order valence-corrected chi connectivity index (χ3v) is 5.80. The molecule has 0 fully saturated rings. The number of cyclic esters (lactones) is 1. The Morgan fingerprint density at radius 1 is 1.09 bits per heavy atom. The van der Waals surface area contributed by atoms with E-state index in [-0.39, 0.29) is 37.2 Å². The second-order valence-electron chi connectivity index (χ2n) is 8.16. The molecule has 0 radical (unpaired) electrons. The lowest BCUT2D eigenvalue weighted by Crippen LogP contribution is -2.39. The van der Waals surface area contributed by atoms with Gasteiger partial charge in [-0.3, -0.25) is 14.4 Å². The van der Waals surface area contributed by atoms with Gasteiger partial charge in [-0.05, 0) is 36.1 Å². The summed E-state index contributed by atoms with van der Waals surface area (Å²) in [6, 6.07) is 16.6. The molecule has 0 saturated carbocycles. The van der Waals surface area contributed by atoms with Gasteiger partial charge in [0.15, 0.2) is 0 Å². The molecular formula is C26H29ClN2O4. The smallest absolute Gasteiger partial charge is 0.306 e. The van der Waals surface area contributed by atoms with Crippen LogP contribution in [0.25, 0.3) is 0 Å². The van der Waals surface area contributed by atoms with E-state index in [0.717, 1.165) is 11.1 Å². The van der Waals surface area contributed by atoms with Crippen molar-refractivity contribution in [2.24, 2.45) is 5.92 Å². The highest BCUT2D eigenvalue weighted by Crippen LogP contribution is 2.23. The summed E-state index contributed by atoms with van der Waals surface area (Å²) < 4.78 is 5.68. The lowest BCUT2D eigenvalue weighted by atomic mass is 9.97. The molecule has 0 bridgehead atoms. The van der Waals surface area contributed by atoms with E-state index in [1.54, 1.807) is 24.1 Å². The normalized spacial score (nSPS) is 20.8. The first-order valence-electron chi connectivity index (χ1n) is 11.1. The quantitative estimate of drug-likeness (QED) is 0.519. The summed E-state index contributed by atoms with van der Waals surface area (Å²) in [4.78, 5) is 39.7. The fourth-order valence-corrected chi connectivity index (χ4v) is 3.82. The number of rotatable bonds is 5. The van der Waals surface area contributed by atoms with Crippen LogP contribution in [-0.4, -0.2) is 36.3 Å². The first kappa shape index (κ1) is 24.5. The van der Waals surface area contributed by atoms with Crippen molar-refractivity contribution in [3.63, 3.8) is 0 Å². The van der Waals surface area contributed by atoms with Crippen molar-refractivity contribution in [1.29, 1.82) is 0 Å². The topological polar surface area (TPSA) is 75.7 Å². The Morgan fingerprint density at radius 3 is 2.55 bits per heavy atom. The number of esters is 1. The molecule has 174 valence electrons. The van der Waals surface area contributed by atoms with Crippen molar-refractivity contribution in [1.82, 2.24) is 10.2 Å². The predicted octanol–water partition coefficient (Wildman–Crippen LogP) is 4.45. The van der Waals surface area contributed by atoms with Gasteiger partial charge >= 0.3 is 5.97 Å². The Morgan fingerprint density at radius 2 is 1.82 bits per heavy atom. The number of likely N-dealkylation sites (N-methyl/N-ethyl adjacent to an activating group) is 1. The summed E-state index contributed by atoms with van der Waals surface area (Å²) in [7, 11) is 1.68. The Labute approximate surface area is 199 Å². The number of benzene rings is 2. The Hall–Kier alpha value is -3.12. The molecule has 1 unspecified atom stereocenters. The van der Waals surface area contributed by atoms with Gasteiger partial charge in [-0.1, -0.05) is 66.2 Å². The molecule has 6 nitrogen and oxygen atoms in total. The fraction of sp³-hybridized carbons (Fsp3) is 0.346. The predicted molar refractivity (Wildman–Crippen MR) is 127 cm³/mol. The number of nitrogens with one attached hydrogen (secondary N) is 1. The third kappa shape index (κ3) is 7.75. The van der Waals surface area contributed by atoms with Gasteiger partial charge in [0.1, 0.15) is 6.10 Å². The number of nitrogens with zero attached hydrogens (tertiary/aromatic N) is 1. The van der Waals surface area contributed by atoms with Gasteiger partial charge in [0.2, 0.25) is 11.8 Å². The van der Waals surface area contributed by atoms with E-state index in [4.69, 9.17) is 16.3 Å². The molecule has 0 aromatic heterocycles. The number of halogens is 1. The highest BCUT2D eigenvalue weighted by Gasteiger charge is 2.27. The minimum atomic E-state index is -0.560. The summed E-state index contributed by atoms with van der Waals surface area (Å²) in [6.07, 6.45) is 4.48. The number of amides is 2. The van der Waals surface area contributed by atoms with Gasteiger partial charge in [-0.25, -0.2) is 0 Å². The number of carbonyl (C=O) groups is 3. The van der Waals surface area contributed by atoms with Crippen LogP contribution in [-0.2, 0) is 25.7 Å². The second-order valence-corrected chi connectivity index (χ2v) is 8.59. The molecule has 0 saturated heterocycles. The van der Waals surface area contributed by atoms with Crippen LogP contribution in [0.4, 0.5) is 0 Å². The molecule has 1 heterocycles. The number of allylic oxidation sites excluding steroid dienone is 2. The molecule has 3 rings (SSSR count). The van der Waals surface area contributed by atoms with Crippen LogP contribution in [0.3, 0.4) is 0 Å². The van der Waals surface area contributed by atoms with Crippen molar-refractivity contribution < 1.29 is 19.1 Å². The molecule has 2 aromatic carbocycles. The van der Waals surface area contributed by atoms with E-state index in [1.807, 2.05) is 54.6 Å². The molecule has 0 aliphatic carbocycles. The van der Waals surface area contributed by atoms with Gasteiger partial charge in [-0.15, -0.1) is 0 Å². The Bertz CT molecular complexity index is 976. The van der Waals surface area contributed by atoms with Crippen LogP contribution in [0.1, 0.15) is 42.9 Å². The Balaban J connectivity index is 1.68. The monoisotopic (exact) mass is 468 g/mol. The van der Waals surface area contributed by atoms with Crippen LogP contribution in [0.15, 0.2) is 66.7 Å². The van der Waals surface area contributed by atoms with Crippen LogP contribution in [0.2, 0.25) is 5.02 Å². The minimum absolute atomic E-state index is 0.0803. The highest BCUT2D eigenvalue weighted by atomic mass is 35.5. The van der Waals surface area contributed by atoms with Crippen molar-refractivity contribution >= 4 is 29.4 Å². The molecule has 2 amide bonds. The molecule has 2 atom stereocenters. The molecule has 1 aliphatic heterocycles. The number of hydrogen-bond acceptors (Lipinski definition) is 4. The highest BCUT2D eigenvalue weighted by molar-refractivity contribution is 6.30. The van der Waals surface area contributed by atoms with Gasteiger partial charge in [0.25, 0.3) is 0 Å². The summed E-state index contributed by atoms with van der Waals surface area (Å²) >= 11 is 5.90. The Kier molecular flexibility index (Phi) is 9.07. The second kappa shape index (κ2) is 12.2. The van der Waals surface area contributed by atoms with Crippen LogP contribution in [0, 0.1) is 5.92 Å². The lowest BCUT2D eigenvalue weighted by Gasteiger charge is -2.28. The number of hydrogen-bond donors (Lipinski definition) is 1. The molecule has 1 aliphatic rings. The molecule has 2 aromatic rings. The van der Waals surface area contributed by atoms with Crippen molar-refractivity contribution in [2.75, 3.05) is 13.6 Å². The molecule has 33 heavy (non-hydrogen) atoms. The largest absolute Gasteiger partial charge is 0.456 e. The first-order valence-corrected chi connectivity index (χ1v) is 11.5. The zero-order valence-corrected chi connectivity index (χ0v) is 19.5. The fourth-order valence-electron chi connectivity index (χ4n) is 3.70. The average molecular weight is 469 g/mol. The van der Waals surface area contributed by atoms with E-state index in [0.29, 0.717) is 24.4 Å². The maximum atomic E-state index is 13.2. The van der Waals surface area contributed by atoms with E-state index < -0.39 is 12.0 Å². The number of ether oxygens (including phenoxy) is 1. The first-order chi connectivity index (χ1) is 15.9. The van der Waals surface area contributed by atoms with Gasteiger partial charge in [0.05, 0.1) is 12.5 Å². The minimum Gasteiger partial charge on any atom is -0.456 e. The van der Waals surface area contributed by atoms with Crippen molar-refractivity contribution in [2.45, 2.75) is 38.3 Å². The van der Waals surface area contributed by atoms with Crippen molar-refractivity contribution in [3.8, 4) is 0 Å². The SMILES string of the molecule is CN1C[C@@H](c2ccccc2)OC(=O)CC/C=C/CC(CC(=O)NCc2ccc(Cl)cc2)C1=O. The van der Waals surface area contributed by atoms with Gasteiger partial charge < -0.3 is 15.0 Å². The zero-order valence-electron chi connectivity index (χ0n) is 18.7. The van der Waals surface area contributed by atoms with E-state index in [1.165, 1.54) is 0 Å². The maximum Gasteiger partial charge on any atom is 0.306 e. The van der Waals surface area contributed by atoms with E-state index in [9.17, 15) is 14.4 Å². The van der Waals surface area contributed by atoms with Gasteiger partial charge in [-0.2, -0.15) is 0 Å². The summed E-state index contributed by atoms with van der Waals surface area (Å²) in [6.45, 7) is 0.593. The van der Waals surface area contributed by atoms with Crippen LogP contribution in [0.5, 0.6) is 0 Å². The molecule has 7 heteroatoms.